The number of nitrogens with zero attached hydrogens (tertiary/aromatic N) is 1. The standard InChI is InChI=1S/C12H11BrN2O2/c1-8-6-12(16)15-11(14-8)7-17-10-4-2-9(13)3-5-10/h2-6H,7H2,1H3,(H,14,15,16). The zero-order chi connectivity index (χ0) is 12.3. The largest absolute Gasteiger partial charge is 0.486 e. The van der Waals surface area contributed by atoms with Crippen molar-refractivity contribution in [1.82, 2.24) is 9.97 Å². The summed E-state index contributed by atoms with van der Waals surface area (Å²) in [5.74, 6) is 1.26. The van der Waals surface area contributed by atoms with Crippen LogP contribution in [0.15, 0.2) is 39.6 Å². The maximum Gasteiger partial charge on any atom is 0.251 e. The Balaban J connectivity index is 2.07. The second-order valence-electron chi connectivity index (χ2n) is 3.58. The predicted molar refractivity (Wildman–Crippen MR) is 68.1 cm³/mol. The fraction of sp³-hybridized carbons (Fsp3) is 0.167. The van der Waals surface area contributed by atoms with E-state index in [4.69, 9.17) is 4.74 Å². The molecule has 0 fully saturated rings. The van der Waals surface area contributed by atoms with E-state index < -0.39 is 0 Å². The van der Waals surface area contributed by atoms with Crippen LogP contribution < -0.4 is 10.3 Å². The number of H-pyrrole nitrogens is 1. The summed E-state index contributed by atoms with van der Waals surface area (Å²) in [6, 6.07) is 8.92. The summed E-state index contributed by atoms with van der Waals surface area (Å²) >= 11 is 3.35. The molecule has 1 aromatic carbocycles. The van der Waals surface area contributed by atoms with Crippen molar-refractivity contribution in [2.24, 2.45) is 0 Å². The highest BCUT2D eigenvalue weighted by Gasteiger charge is 2.00. The second kappa shape index (κ2) is 5.14. The SMILES string of the molecule is Cc1cc(=O)[nH]c(COc2ccc(Br)cc2)n1. The molecule has 5 heteroatoms. The Kier molecular flexibility index (Phi) is 3.58. The molecule has 0 aliphatic heterocycles. The zero-order valence-electron chi connectivity index (χ0n) is 9.24. The van der Waals surface area contributed by atoms with E-state index in [2.05, 4.69) is 25.9 Å². The van der Waals surface area contributed by atoms with Gasteiger partial charge in [-0.1, -0.05) is 15.9 Å². The van der Waals surface area contributed by atoms with E-state index in [0.717, 1.165) is 10.2 Å². The predicted octanol–water partition coefficient (Wildman–Crippen LogP) is 2.42. The van der Waals surface area contributed by atoms with Gasteiger partial charge in [0.1, 0.15) is 18.2 Å². The van der Waals surface area contributed by atoms with Crippen molar-refractivity contribution >= 4 is 15.9 Å². The maximum atomic E-state index is 11.2. The van der Waals surface area contributed by atoms with Crippen molar-refractivity contribution in [1.29, 1.82) is 0 Å². The van der Waals surface area contributed by atoms with Crippen LogP contribution in [0.25, 0.3) is 0 Å². The fourth-order valence-corrected chi connectivity index (χ4v) is 1.66. The summed E-state index contributed by atoms with van der Waals surface area (Å²) in [5, 5.41) is 0. The molecular formula is C12H11BrN2O2. The van der Waals surface area contributed by atoms with Crippen LogP contribution in [0.5, 0.6) is 5.75 Å². The van der Waals surface area contributed by atoms with Crippen LogP contribution in [-0.2, 0) is 6.61 Å². The van der Waals surface area contributed by atoms with Gasteiger partial charge in [0.15, 0.2) is 0 Å². The van der Waals surface area contributed by atoms with E-state index in [1.165, 1.54) is 6.07 Å². The van der Waals surface area contributed by atoms with Crippen molar-refractivity contribution in [3.8, 4) is 5.75 Å². The monoisotopic (exact) mass is 294 g/mol. The summed E-state index contributed by atoms with van der Waals surface area (Å²) in [5.41, 5.74) is 0.523. The first-order valence-corrected chi connectivity index (χ1v) is 5.88. The normalized spacial score (nSPS) is 10.2. The van der Waals surface area contributed by atoms with Crippen LogP contribution in [0.4, 0.5) is 0 Å². The molecule has 0 spiro atoms. The van der Waals surface area contributed by atoms with Crippen LogP contribution in [0.1, 0.15) is 11.5 Å². The molecule has 0 bridgehead atoms. The first kappa shape index (κ1) is 11.9. The van der Waals surface area contributed by atoms with Crippen LogP contribution in [0.2, 0.25) is 0 Å². The van der Waals surface area contributed by atoms with Gasteiger partial charge < -0.3 is 9.72 Å². The molecular weight excluding hydrogens is 284 g/mol. The first-order valence-electron chi connectivity index (χ1n) is 5.09. The molecule has 0 aliphatic carbocycles. The molecule has 1 heterocycles. The maximum absolute atomic E-state index is 11.2. The van der Waals surface area contributed by atoms with E-state index in [1.807, 2.05) is 24.3 Å². The summed E-state index contributed by atoms with van der Waals surface area (Å²) in [4.78, 5) is 18.0. The number of rotatable bonds is 3. The van der Waals surface area contributed by atoms with Gasteiger partial charge in [0.2, 0.25) is 0 Å². The third-order valence-electron chi connectivity index (χ3n) is 2.11. The molecule has 88 valence electrons. The van der Waals surface area contributed by atoms with E-state index in [0.29, 0.717) is 11.5 Å². The van der Waals surface area contributed by atoms with Crippen LogP contribution in [0, 0.1) is 6.92 Å². The Morgan fingerprint density at radius 1 is 1.35 bits per heavy atom. The lowest BCUT2D eigenvalue weighted by atomic mass is 10.3. The molecule has 2 rings (SSSR count). The lowest BCUT2D eigenvalue weighted by Gasteiger charge is -2.05. The average molecular weight is 295 g/mol. The quantitative estimate of drug-likeness (QED) is 0.946. The average Bonchev–Trinajstić information content (AvgIpc) is 2.27. The van der Waals surface area contributed by atoms with Gasteiger partial charge in [-0.25, -0.2) is 4.98 Å². The summed E-state index contributed by atoms with van der Waals surface area (Å²) in [6.45, 7) is 2.02. The molecule has 0 atom stereocenters. The molecule has 4 nitrogen and oxygen atoms in total. The molecule has 0 aliphatic rings. The summed E-state index contributed by atoms with van der Waals surface area (Å²) in [7, 11) is 0. The fourth-order valence-electron chi connectivity index (χ4n) is 1.39. The molecule has 1 aromatic heterocycles. The molecule has 17 heavy (non-hydrogen) atoms. The van der Waals surface area contributed by atoms with Gasteiger partial charge in [-0.3, -0.25) is 4.79 Å². The van der Waals surface area contributed by atoms with E-state index in [9.17, 15) is 4.79 Å². The molecule has 0 saturated carbocycles. The van der Waals surface area contributed by atoms with Gasteiger partial charge in [-0.2, -0.15) is 0 Å². The van der Waals surface area contributed by atoms with E-state index in [1.54, 1.807) is 6.92 Å². The van der Waals surface area contributed by atoms with Crippen LogP contribution >= 0.6 is 15.9 Å². The van der Waals surface area contributed by atoms with Crippen molar-refractivity contribution in [3.05, 3.63) is 56.7 Å². The number of benzene rings is 1. The number of ether oxygens (including phenoxy) is 1. The van der Waals surface area contributed by atoms with Gasteiger partial charge in [0.05, 0.1) is 0 Å². The van der Waals surface area contributed by atoms with Gasteiger partial charge in [-0.15, -0.1) is 0 Å². The first-order chi connectivity index (χ1) is 8.13. The summed E-state index contributed by atoms with van der Waals surface area (Å²) < 4.78 is 6.50. The third kappa shape index (κ3) is 3.42. The molecule has 0 unspecified atom stereocenters. The molecule has 0 radical (unpaired) electrons. The van der Waals surface area contributed by atoms with Gasteiger partial charge in [0, 0.05) is 16.2 Å². The lowest BCUT2D eigenvalue weighted by Crippen LogP contribution is -2.13. The number of aryl methyl sites for hydroxylation is 1. The van der Waals surface area contributed by atoms with Crippen molar-refractivity contribution < 1.29 is 4.74 Å². The van der Waals surface area contributed by atoms with Crippen LogP contribution in [-0.4, -0.2) is 9.97 Å². The Labute approximate surface area is 107 Å². The molecule has 0 saturated heterocycles. The molecule has 2 aromatic rings. The van der Waals surface area contributed by atoms with Crippen molar-refractivity contribution in [2.75, 3.05) is 0 Å². The highest BCUT2D eigenvalue weighted by molar-refractivity contribution is 9.10. The van der Waals surface area contributed by atoms with Gasteiger partial charge >= 0.3 is 0 Å². The van der Waals surface area contributed by atoms with E-state index >= 15 is 0 Å². The Bertz CT molecular complexity index is 563. The summed E-state index contributed by atoms with van der Waals surface area (Å²) in [6.07, 6.45) is 0. The Hall–Kier alpha value is -1.62. The topological polar surface area (TPSA) is 55.0 Å². The number of aromatic amines is 1. The van der Waals surface area contributed by atoms with E-state index in [-0.39, 0.29) is 12.2 Å². The number of aromatic nitrogens is 2. The Morgan fingerprint density at radius 3 is 2.71 bits per heavy atom. The minimum atomic E-state index is -0.160. The second-order valence-corrected chi connectivity index (χ2v) is 4.49. The minimum Gasteiger partial charge on any atom is -0.486 e. The Morgan fingerprint density at radius 2 is 2.06 bits per heavy atom. The zero-order valence-corrected chi connectivity index (χ0v) is 10.8. The number of halogens is 1. The molecule has 0 amide bonds. The number of hydrogen-bond acceptors (Lipinski definition) is 3. The number of hydrogen-bond donors (Lipinski definition) is 1. The number of nitrogens with one attached hydrogen (secondary N) is 1. The lowest BCUT2D eigenvalue weighted by molar-refractivity contribution is 0.295. The molecule has 1 N–H and O–H groups in total. The smallest absolute Gasteiger partial charge is 0.251 e. The third-order valence-corrected chi connectivity index (χ3v) is 2.64. The highest BCUT2D eigenvalue weighted by atomic mass is 79.9. The van der Waals surface area contributed by atoms with Crippen molar-refractivity contribution in [3.63, 3.8) is 0 Å². The minimum absolute atomic E-state index is 0.160. The van der Waals surface area contributed by atoms with Gasteiger partial charge in [0.25, 0.3) is 5.56 Å². The van der Waals surface area contributed by atoms with Gasteiger partial charge in [-0.05, 0) is 31.2 Å². The van der Waals surface area contributed by atoms with Crippen LogP contribution in [0.3, 0.4) is 0 Å². The van der Waals surface area contributed by atoms with Crippen molar-refractivity contribution in [2.45, 2.75) is 13.5 Å². The highest BCUT2D eigenvalue weighted by Crippen LogP contribution is 2.16.